The van der Waals surface area contributed by atoms with Crippen LogP contribution in [0.4, 0.5) is 5.82 Å². The summed E-state index contributed by atoms with van der Waals surface area (Å²) in [7, 11) is 0. The fourth-order valence-electron chi connectivity index (χ4n) is 4.15. The summed E-state index contributed by atoms with van der Waals surface area (Å²) in [5.41, 5.74) is 7.09. The number of anilines is 1. The molecule has 3 heteroatoms. The number of fused-ring (bicyclic) bond motifs is 3. The molecule has 2 saturated carbocycles. The van der Waals surface area contributed by atoms with E-state index < -0.39 is 0 Å². The summed E-state index contributed by atoms with van der Waals surface area (Å²) in [5.74, 6) is 1.89. The van der Waals surface area contributed by atoms with E-state index in [-0.39, 0.29) is 0 Å². The topological polar surface area (TPSA) is 40.7 Å². The molecule has 3 heterocycles. The van der Waals surface area contributed by atoms with Crippen molar-refractivity contribution in [2.75, 3.05) is 11.9 Å². The van der Waals surface area contributed by atoms with Crippen molar-refractivity contribution in [3.8, 4) is 11.1 Å². The van der Waals surface area contributed by atoms with Gasteiger partial charge in [0.2, 0.25) is 0 Å². The van der Waals surface area contributed by atoms with Crippen LogP contribution in [0.2, 0.25) is 0 Å². The molecule has 2 fully saturated rings. The van der Waals surface area contributed by atoms with Gasteiger partial charge in [-0.3, -0.25) is 0 Å². The number of hydrogen-bond donors (Lipinski definition) is 2. The van der Waals surface area contributed by atoms with Crippen LogP contribution in [0.5, 0.6) is 0 Å². The van der Waals surface area contributed by atoms with Crippen molar-refractivity contribution >= 4 is 16.7 Å². The lowest BCUT2D eigenvalue weighted by Crippen LogP contribution is -2.08. The Bertz CT molecular complexity index is 945. The minimum Gasteiger partial charge on any atom is -0.369 e. The summed E-state index contributed by atoms with van der Waals surface area (Å²) in [6.07, 6.45) is 9.47. The van der Waals surface area contributed by atoms with E-state index in [0.29, 0.717) is 5.41 Å². The van der Waals surface area contributed by atoms with Gasteiger partial charge in [0.15, 0.2) is 0 Å². The number of hydrogen-bond acceptors (Lipinski definition) is 2. The van der Waals surface area contributed by atoms with E-state index in [1.807, 2.05) is 6.20 Å². The third-order valence-corrected chi connectivity index (χ3v) is 5.97. The Morgan fingerprint density at radius 3 is 2.87 bits per heavy atom. The summed E-state index contributed by atoms with van der Waals surface area (Å²) in [4.78, 5) is 8.14. The van der Waals surface area contributed by atoms with Gasteiger partial charge in [-0.25, -0.2) is 4.98 Å². The highest BCUT2D eigenvalue weighted by molar-refractivity contribution is 5.96. The van der Waals surface area contributed by atoms with Crippen LogP contribution in [-0.4, -0.2) is 16.5 Å². The summed E-state index contributed by atoms with van der Waals surface area (Å²) >= 11 is 0. The van der Waals surface area contributed by atoms with Gasteiger partial charge in [-0.1, -0.05) is 6.07 Å². The van der Waals surface area contributed by atoms with Gasteiger partial charge in [-0.15, -0.1) is 0 Å². The van der Waals surface area contributed by atoms with Crippen LogP contribution in [0.3, 0.4) is 0 Å². The molecule has 1 aromatic carbocycles. The molecule has 2 aliphatic carbocycles. The van der Waals surface area contributed by atoms with Crippen LogP contribution in [0.15, 0.2) is 36.7 Å². The first kappa shape index (κ1) is 12.2. The highest BCUT2D eigenvalue weighted by atomic mass is 15.0. The SMILES string of the molecule is c1nc2c(cc1-c1c[nH]c3ccc(C4CC4)cc13)C1(CC1)CN2. The number of nitrogens with zero attached hydrogens (tertiary/aromatic N) is 1. The average Bonchev–Trinajstić information content (AvgIpc) is 3.48. The molecule has 3 aromatic rings. The van der Waals surface area contributed by atoms with Gasteiger partial charge < -0.3 is 10.3 Å². The van der Waals surface area contributed by atoms with Crippen LogP contribution >= 0.6 is 0 Å². The van der Waals surface area contributed by atoms with Crippen molar-refractivity contribution in [3.05, 3.63) is 47.8 Å². The Balaban J connectivity index is 1.53. The van der Waals surface area contributed by atoms with Crippen LogP contribution in [0.25, 0.3) is 22.0 Å². The van der Waals surface area contributed by atoms with Crippen LogP contribution in [0.1, 0.15) is 42.7 Å². The molecule has 2 N–H and O–H groups in total. The number of aromatic nitrogens is 2. The third kappa shape index (κ3) is 1.68. The summed E-state index contributed by atoms with van der Waals surface area (Å²) in [5, 5.41) is 4.82. The molecule has 6 rings (SSSR count). The maximum Gasteiger partial charge on any atom is 0.129 e. The lowest BCUT2D eigenvalue weighted by Gasteiger charge is -2.08. The molecule has 0 saturated heterocycles. The first-order valence-corrected chi connectivity index (χ1v) is 8.68. The number of H-pyrrole nitrogens is 1. The maximum atomic E-state index is 4.70. The van der Waals surface area contributed by atoms with Crippen molar-refractivity contribution in [2.45, 2.75) is 37.0 Å². The van der Waals surface area contributed by atoms with Gasteiger partial charge in [0, 0.05) is 51.9 Å². The standard InChI is InChI=1S/C20H19N3/c1-2-12(1)13-3-4-18-15(7-13)16(10-21-18)14-8-17-19(22-9-14)23-11-20(17)5-6-20/h3-4,7-10,12,21H,1-2,5-6,11H2,(H,22,23). The molecule has 2 aromatic heterocycles. The van der Waals surface area contributed by atoms with Gasteiger partial charge in [0.05, 0.1) is 0 Å². The number of nitrogens with one attached hydrogen (secondary N) is 2. The van der Waals surface area contributed by atoms with Gasteiger partial charge in [-0.2, -0.15) is 0 Å². The molecule has 0 unspecified atom stereocenters. The molecular formula is C20H19N3. The van der Waals surface area contributed by atoms with E-state index in [1.165, 1.54) is 58.8 Å². The quantitative estimate of drug-likeness (QED) is 0.728. The molecule has 0 amide bonds. The molecule has 0 radical (unpaired) electrons. The van der Waals surface area contributed by atoms with E-state index in [0.717, 1.165) is 18.3 Å². The average molecular weight is 301 g/mol. The minimum atomic E-state index is 0.392. The predicted octanol–water partition coefficient (Wildman–Crippen LogP) is 4.56. The van der Waals surface area contributed by atoms with Gasteiger partial charge >= 0.3 is 0 Å². The lowest BCUT2D eigenvalue weighted by atomic mass is 9.96. The van der Waals surface area contributed by atoms with Crippen LogP contribution in [0, 0.1) is 0 Å². The van der Waals surface area contributed by atoms with Crippen molar-refractivity contribution in [2.24, 2.45) is 0 Å². The monoisotopic (exact) mass is 301 g/mol. The molecule has 3 nitrogen and oxygen atoms in total. The molecule has 0 atom stereocenters. The Labute approximate surface area is 135 Å². The summed E-state index contributed by atoms with van der Waals surface area (Å²) < 4.78 is 0. The van der Waals surface area contributed by atoms with Crippen molar-refractivity contribution in [3.63, 3.8) is 0 Å². The lowest BCUT2D eigenvalue weighted by molar-refractivity contribution is 0.778. The molecule has 1 spiro atoms. The molecular weight excluding hydrogens is 282 g/mol. The zero-order chi connectivity index (χ0) is 15.0. The Kier molecular flexibility index (Phi) is 2.10. The van der Waals surface area contributed by atoms with E-state index in [2.05, 4.69) is 40.8 Å². The Morgan fingerprint density at radius 1 is 1.13 bits per heavy atom. The zero-order valence-corrected chi connectivity index (χ0v) is 13.0. The van der Waals surface area contributed by atoms with Crippen LogP contribution < -0.4 is 5.32 Å². The van der Waals surface area contributed by atoms with Crippen molar-refractivity contribution in [1.29, 1.82) is 0 Å². The molecule has 114 valence electrons. The smallest absolute Gasteiger partial charge is 0.129 e. The zero-order valence-electron chi connectivity index (χ0n) is 13.0. The maximum absolute atomic E-state index is 4.70. The second-order valence-electron chi connectivity index (χ2n) is 7.54. The van der Waals surface area contributed by atoms with Gasteiger partial charge in [0.25, 0.3) is 0 Å². The number of benzene rings is 1. The van der Waals surface area contributed by atoms with Crippen molar-refractivity contribution in [1.82, 2.24) is 9.97 Å². The molecule has 0 bridgehead atoms. The molecule has 3 aliphatic rings. The summed E-state index contributed by atoms with van der Waals surface area (Å²) in [6, 6.07) is 9.28. The largest absolute Gasteiger partial charge is 0.369 e. The summed E-state index contributed by atoms with van der Waals surface area (Å²) in [6.45, 7) is 1.07. The predicted molar refractivity (Wildman–Crippen MR) is 92.9 cm³/mol. The Morgan fingerprint density at radius 2 is 2.04 bits per heavy atom. The highest BCUT2D eigenvalue weighted by Crippen LogP contribution is 2.54. The second-order valence-corrected chi connectivity index (χ2v) is 7.54. The first-order valence-electron chi connectivity index (χ1n) is 8.68. The second kappa shape index (κ2) is 3.97. The fourth-order valence-corrected chi connectivity index (χ4v) is 4.15. The van der Waals surface area contributed by atoms with Crippen LogP contribution in [-0.2, 0) is 5.41 Å². The first-order chi connectivity index (χ1) is 11.3. The third-order valence-electron chi connectivity index (χ3n) is 5.97. The molecule has 1 aliphatic heterocycles. The van der Waals surface area contributed by atoms with Gasteiger partial charge in [0.1, 0.15) is 5.82 Å². The van der Waals surface area contributed by atoms with E-state index in [4.69, 9.17) is 4.98 Å². The fraction of sp³-hybridized carbons (Fsp3) is 0.350. The number of rotatable bonds is 2. The molecule has 23 heavy (non-hydrogen) atoms. The Hall–Kier alpha value is -2.29. The number of aromatic amines is 1. The van der Waals surface area contributed by atoms with Gasteiger partial charge in [-0.05, 0) is 55.4 Å². The van der Waals surface area contributed by atoms with Crippen molar-refractivity contribution < 1.29 is 0 Å². The normalized spacial score (nSPS) is 20.7. The minimum absolute atomic E-state index is 0.392. The highest BCUT2D eigenvalue weighted by Gasteiger charge is 2.49. The van der Waals surface area contributed by atoms with E-state index in [1.54, 1.807) is 0 Å². The van der Waals surface area contributed by atoms with E-state index in [9.17, 15) is 0 Å². The van der Waals surface area contributed by atoms with E-state index >= 15 is 0 Å². The number of pyridine rings is 1.